The summed E-state index contributed by atoms with van der Waals surface area (Å²) in [6.07, 6.45) is 8.76. The molecule has 108 valence electrons. The van der Waals surface area contributed by atoms with Gasteiger partial charge in [-0.3, -0.25) is 9.69 Å². The molecule has 0 radical (unpaired) electrons. The number of carbonyl (C=O) groups excluding carboxylic acids is 1. The van der Waals surface area contributed by atoms with Crippen LogP contribution in [0.5, 0.6) is 0 Å². The Bertz CT molecular complexity index is 322. The number of rotatable bonds is 6. The van der Waals surface area contributed by atoms with Gasteiger partial charge >= 0.3 is 0 Å². The lowest BCUT2D eigenvalue weighted by molar-refractivity contribution is -0.127. The molecule has 1 fully saturated rings. The fourth-order valence-corrected chi connectivity index (χ4v) is 2.56. The summed E-state index contributed by atoms with van der Waals surface area (Å²) in [5.41, 5.74) is 0. The Balaban J connectivity index is 2.55. The number of nitrogens with zero attached hydrogens (tertiary/aromatic N) is 1. The molecule has 2 atom stereocenters. The minimum absolute atomic E-state index is 0.0365. The molecule has 0 saturated carbocycles. The first-order valence-corrected chi connectivity index (χ1v) is 7.26. The zero-order valence-electron chi connectivity index (χ0n) is 12.4. The summed E-state index contributed by atoms with van der Waals surface area (Å²) in [6.45, 7) is 8.53. The van der Waals surface area contributed by atoms with Crippen LogP contribution in [0.3, 0.4) is 0 Å². The van der Waals surface area contributed by atoms with Crippen molar-refractivity contribution in [3.05, 3.63) is 0 Å². The maximum Gasteiger partial charge on any atom is 0.237 e. The molecule has 0 aromatic rings. The van der Waals surface area contributed by atoms with E-state index in [0.717, 1.165) is 19.5 Å². The fourth-order valence-electron chi connectivity index (χ4n) is 2.56. The molecule has 1 heterocycles. The SMILES string of the molecule is C#CCNC(=O)C(C)N1CCCCC1CNC(C)C. The Labute approximate surface area is 117 Å². The minimum Gasteiger partial charge on any atom is -0.344 e. The standard InChI is InChI=1S/C15H27N3O/c1-5-9-16-15(19)13(4)18-10-7-6-8-14(18)11-17-12(2)3/h1,12-14,17H,6-11H2,2-4H3,(H,16,19). The van der Waals surface area contributed by atoms with Crippen molar-refractivity contribution in [2.24, 2.45) is 0 Å². The van der Waals surface area contributed by atoms with Crippen LogP contribution in [-0.2, 0) is 4.79 Å². The van der Waals surface area contributed by atoms with Crippen LogP contribution in [0.2, 0.25) is 0 Å². The number of terminal acetylenes is 1. The lowest BCUT2D eigenvalue weighted by atomic mass is 9.99. The van der Waals surface area contributed by atoms with E-state index >= 15 is 0 Å². The average Bonchev–Trinajstić information content (AvgIpc) is 2.42. The zero-order chi connectivity index (χ0) is 14.3. The molecule has 1 amide bonds. The molecule has 1 rings (SSSR count). The van der Waals surface area contributed by atoms with Gasteiger partial charge in [-0.1, -0.05) is 26.2 Å². The maximum absolute atomic E-state index is 12.0. The summed E-state index contributed by atoms with van der Waals surface area (Å²) in [6, 6.07) is 0.824. The quantitative estimate of drug-likeness (QED) is 0.704. The molecule has 2 unspecified atom stereocenters. The van der Waals surface area contributed by atoms with Crippen molar-refractivity contribution < 1.29 is 4.79 Å². The number of likely N-dealkylation sites (tertiary alicyclic amines) is 1. The molecule has 1 aliphatic heterocycles. The Morgan fingerprint density at radius 2 is 2.16 bits per heavy atom. The number of amides is 1. The van der Waals surface area contributed by atoms with E-state index < -0.39 is 0 Å². The second-order valence-electron chi connectivity index (χ2n) is 5.55. The molecule has 1 saturated heterocycles. The third kappa shape index (κ3) is 5.22. The molecule has 0 aromatic carbocycles. The van der Waals surface area contributed by atoms with E-state index in [9.17, 15) is 4.79 Å². The molecule has 0 aliphatic carbocycles. The molecular formula is C15H27N3O. The van der Waals surface area contributed by atoms with E-state index in [-0.39, 0.29) is 11.9 Å². The third-order valence-electron chi connectivity index (χ3n) is 3.68. The highest BCUT2D eigenvalue weighted by Crippen LogP contribution is 2.19. The molecule has 1 aliphatic rings. The zero-order valence-corrected chi connectivity index (χ0v) is 12.4. The van der Waals surface area contributed by atoms with Crippen LogP contribution in [0, 0.1) is 12.3 Å². The van der Waals surface area contributed by atoms with Crippen molar-refractivity contribution >= 4 is 5.91 Å². The lowest BCUT2D eigenvalue weighted by Crippen LogP contribution is -2.55. The van der Waals surface area contributed by atoms with E-state index in [1.165, 1.54) is 12.8 Å². The van der Waals surface area contributed by atoms with Crippen molar-refractivity contribution in [3.63, 3.8) is 0 Å². The van der Waals surface area contributed by atoms with Gasteiger partial charge < -0.3 is 10.6 Å². The highest BCUT2D eigenvalue weighted by molar-refractivity contribution is 5.81. The van der Waals surface area contributed by atoms with Gasteiger partial charge in [0.25, 0.3) is 0 Å². The van der Waals surface area contributed by atoms with Crippen molar-refractivity contribution in [2.75, 3.05) is 19.6 Å². The van der Waals surface area contributed by atoms with Gasteiger partial charge in [0.15, 0.2) is 0 Å². The molecular weight excluding hydrogens is 238 g/mol. The summed E-state index contributed by atoms with van der Waals surface area (Å²) >= 11 is 0. The van der Waals surface area contributed by atoms with Gasteiger partial charge in [-0.05, 0) is 26.3 Å². The summed E-state index contributed by atoms with van der Waals surface area (Å²) < 4.78 is 0. The van der Waals surface area contributed by atoms with Gasteiger partial charge in [-0.2, -0.15) is 0 Å². The highest BCUT2D eigenvalue weighted by atomic mass is 16.2. The van der Waals surface area contributed by atoms with Crippen LogP contribution < -0.4 is 10.6 Å². The van der Waals surface area contributed by atoms with Crippen molar-refractivity contribution in [1.82, 2.24) is 15.5 Å². The van der Waals surface area contributed by atoms with Gasteiger partial charge in [0.1, 0.15) is 0 Å². The van der Waals surface area contributed by atoms with Crippen LogP contribution in [0.15, 0.2) is 0 Å². The molecule has 0 bridgehead atoms. The van der Waals surface area contributed by atoms with Crippen molar-refractivity contribution in [2.45, 2.75) is 58.2 Å². The molecule has 19 heavy (non-hydrogen) atoms. The predicted octanol–water partition coefficient (Wildman–Crippen LogP) is 0.977. The Morgan fingerprint density at radius 3 is 2.79 bits per heavy atom. The monoisotopic (exact) mass is 265 g/mol. The Kier molecular flexibility index (Phi) is 6.90. The Hall–Kier alpha value is -1.05. The third-order valence-corrected chi connectivity index (χ3v) is 3.68. The number of piperidine rings is 1. The van der Waals surface area contributed by atoms with Crippen LogP contribution in [0.4, 0.5) is 0 Å². The van der Waals surface area contributed by atoms with Crippen molar-refractivity contribution in [3.8, 4) is 12.3 Å². The van der Waals surface area contributed by atoms with Gasteiger partial charge in [-0.15, -0.1) is 6.42 Å². The number of hydrogen-bond acceptors (Lipinski definition) is 3. The smallest absolute Gasteiger partial charge is 0.237 e. The summed E-state index contributed by atoms with van der Waals surface area (Å²) in [5.74, 6) is 2.48. The highest BCUT2D eigenvalue weighted by Gasteiger charge is 2.29. The first kappa shape index (κ1) is 16.0. The van der Waals surface area contributed by atoms with Crippen LogP contribution in [0.25, 0.3) is 0 Å². The maximum atomic E-state index is 12.0. The van der Waals surface area contributed by atoms with E-state index in [1.54, 1.807) is 0 Å². The first-order chi connectivity index (χ1) is 9.06. The van der Waals surface area contributed by atoms with E-state index in [2.05, 4.69) is 35.3 Å². The number of nitrogens with one attached hydrogen (secondary N) is 2. The minimum atomic E-state index is -0.104. The summed E-state index contributed by atoms with van der Waals surface area (Å²) in [5, 5.41) is 6.25. The molecule has 4 heteroatoms. The molecule has 4 nitrogen and oxygen atoms in total. The van der Waals surface area contributed by atoms with E-state index in [0.29, 0.717) is 18.6 Å². The largest absolute Gasteiger partial charge is 0.344 e. The Morgan fingerprint density at radius 1 is 1.42 bits per heavy atom. The van der Waals surface area contributed by atoms with Crippen molar-refractivity contribution in [1.29, 1.82) is 0 Å². The van der Waals surface area contributed by atoms with Gasteiger partial charge in [0, 0.05) is 18.6 Å². The van der Waals surface area contributed by atoms with Crippen LogP contribution in [0.1, 0.15) is 40.0 Å². The number of carbonyl (C=O) groups is 1. The predicted molar refractivity (Wildman–Crippen MR) is 78.8 cm³/mol. The number of hydrogen-bond donors (Lipinski definition) is 2. The molecule has 2 N–H and O–H groups in total. The second-order valence-corrected chi connectivity index (χ2v) is 5.55. The van der Waals surface area contributed by atoms with E-state index in [4.69, 9.17) is 6.42 Å². The van der Waals surface area contributed by atoms with E-state index in [1.807, 2.05) is 6.92 Å². The molecule has 0 spiro atoms. The molecule has 0 aromatic heterocycles. The second kappa shape index (κ2) is 8.19. The van der Waals surface area contributed by atoms with Gasteiger partial charge in [0.05, 0.1) is 12.6 Å². The fraction of sp³-hybridized carbons (Fsp3) is 0.800. The lowest BCUT2D eigenvalue weighted by Gasteiger charge is -2.39. The summed E-state index contributed by atoms with van der Waals surface area (Å²) in [4.78, 5) is 14.3. The first-order valence-electron chi connectivity index (χ1n) is 7.26. The average molecular weight is 265 g/mol. The van der Waals surface area contributed by atoms with Crippen LogP contribution in [-0.4, -0.2) is 48.6 Å². The topological polar surface area (TPSA) is 44.4 Å². The normalized spacial score (nSPS) is 21.9. The summed E-state index contributed by atoms with van der Waals surface area (Å²) in [7, 11) is 0. The van der Waals surface area contributed by atoms with Crippen LogP contribution >= 0.6 is 0 Å². The van der Waals surface area contributed by atoms with Gasteiger partial charge in [-0.25, -0.2) is 0 Å². The van der Waals surface area contributed by atoms with Gasteiger partial charge in [0.2, 0.25) is 5.91 Å².